The van der Waals surface area contributed by atoms with Crippen LogP contribution in [0.1, 0.15) is 23.3 Å². The number of rotatable bonds is 7. The van der Waals surface area contributed by atoms with E-state index in [-0.39, 0.29) is 0 Å². The minimum atomic E-state index is -3.33. The number of thiophene rings is 1. The number of nitrogens with one attached hydrogen (secondary N) is 1. The Bertz CT molecular complexity index is 636. The fourth-order valence-corrected chi connectivity index (χ4v) is 4.24. The third-order valence-electron chi connectivity index (χ3n) is 2.89. The molecule has 2 rings (SSSR count). The molecule has 0 amide bonds. The van der Waals surface area contributed by atoms with Crippen molar-refractivity contribution in [3.63, 3.8) is 0 Å². The van der Waals surface area contributed by atoms with Gasteiger partial charge in [-0.2, -0.15) is 0 Å². The summed E-state index contributed by atoms with van der Waals surface area (Å²) in [6.45, 7) is 2.37. The first kappa shape index (κ1) is 15.2. The third-order valence-corrected chi connectivity index (χ3v) is 5.84. The minimum Gasteiger partial charge on any atom is -0.264 e. The van der Waals surface area contributed by atoms with Crippen LogP contribution in [-0.4, -0.2) is 19.9 Å². The normalized spacial score (nSPS) is 11.7. The average molecular weight is 310 g/mol. The molecule has 2 aromatic rings. The van der Waals surface area contributed by atoms with Crippen LogP contribution in [0, 0.1) is 6.92 Å². The molecule has 108 valence electrons. The van der Waals surface area contributed by atoms with E-state index in [2.05, 4.69) is 9.71 Å². The molecule has 0 atom stereocenters. The van der Waals surface area contributed by atoms with Gasteiger partial charge in [0.15, 0.2) is 0 Å². The average Bonchev–Trinajstić information content (AvgIpc) is 2.87. The first-order chi connectivity index (χ1) is 9.58. The number of unbranched alkanes of at least 4 members (excludes halogenated alkanes) is 1. The van der Waals surface area contributed by atoms with Gasteiger partial charge in [-0.15, -0.1) is 11.3 Å². The van der Waals surface area contributed by atoms with Gasteiger partial charge in [-0.3, -0.25) is 4.98 Å². The number of aryl methyl sites for hydroxylation is 2. The summed E-state index contributed by atoms with van der Waals surface area (Å²) in [6.07, 6.45) is 6.28. The molecule has 2 aromatic heterocycles. The van der Waals surface area contributed by atoms with E-state index < -0.39 is 10.0 Å². The molecule has 0 spiro atoms. The maximum absolute atomic E-state index is 12.0. The second-order valence-electron chi connectivity index (χ2n) is 4.58. The van der Waals surface area contributed by atoms with Crippen molar-refractivity contribution in [2.24, 2.45) is 0 Å². The Hall–Kier alpha value is -1.24. The quantitative estimate of drug-likeness (QED) is 0.800. The molecule has 0 aromatic carbocycles. The third kappa shape index (κ3) is 4.40. The first-order valence-electron chi connectivity index (χ1n) is 6.53. The largest absolute Gasteiger partial charge is 0.264 e. The molecule has 0 saturated heterocycles. The number of hydrogen-bond acceptors (Lipinski definition) is 4. The van der Waals surface area contributed by atoms with Crippen molar-refractivity contribution in [2.45, 2.75) is 30.4 Å². The van der Waals surface area contributed by atoms with Crippen molar-refractivity contribution in [1.29, 1.82) is 0 Å². The van der Waals surface area contributed by atoms with E-state index in [0.717, 1.165) is 24.1 Å². The summed E-state index contributed by atoms with van der Waals surface area (Å²) in [6, 6.07) is 7.42. The van der Waals surface area contributed by atoms with Gasteiger partial charge in [-0.25, -0.2) is 13.1 Å². The topological polar surface area (TPSA) is 59.1 Å². The summed E-state index contributed by atoms with van der Waals surface area (Å²) in [5.74, 6) is 0. The van der Waals surface area contributed by atoms with Crippen LogP contribution in [0.25, 0.3) is 0 Å². The van der Waals surface area contributed by atoms with Gasteiger partial charge in [0.2, 0.25) is 10.0 Å². The van der Waals surface area contributed by atoms with Crippen LogP contribution < -0.4 is 4.72 Å². The van der Waals surface area contributed by atoms with Gasteiger partial charge in [0.1, 0.15) is 4.21 Å². The molecular weight excluding hydrogens is 292 g/mol. The maximum Gasteiger partial charge on any atom is 0.250 e. The van der Waals surface area contributed by atoms with Gasteiger partial charge >= 0.3 is 0 Å². The summed E-state index contributed by atoms with van der Waals surface area (Å²) in [5.41, 5.74) is 1.18. The molecule has 0 unspecified atom stereocenters. The number of pyridine rings is 1. The van der Waals surface area contributed by atoms with Crippen molar-refractivity contribution in [3.05, 3.63) is 47.1 Å². The predicted molar refractivity (Wildman–Crippen MR) is 81.4 cm³/mol. The van der Waals surface area contributed by atoms with Crippen LogP contribution in [-0.2, 0) is 16.4 Å². The second kappa shape index (κ2) is 6.97. The second-order valence-corrected chi connectivity index (χ2v) is 7.86. The summed E-state index contributed by atoms with van der Waals surface area (Å²) >= 11 is 1.30. The van der Waals surface area contributed by atoms with E-state index >= 15 is 0 Å². The lowest BCUT2D eigenvalue weighted by Crippen LogP contribution is -2.24. The highest BCUT2D eigenvalue weighted by atomic mass is 32.2. The zero-order valence-electron chi connectivity index (χ0n) is 11.4. The first-order valence-corrected chi connectivity index (χ1v) is 8.83. The molecule has 0 aliphatic heterocycles. The zero-order chi connectivity index (χ0) is 14.4. The molecular formula is C14H18N2O2S2. The Kier molecular flexibility index (Phi) is 5.28. The Balaban J connectivity index is 1.73. The highest BCUT2D eigenvalue weighted by Crippen LogP contribution is 2.20. The molecule has 2 heterocycles. The molecule has 0 bridgehead atoms. The molecule has 0 aliphatic rings. The Morgan fingerprint density at radius 1 is 1.25 bits per heavy atom. The zero-order valence-corrected chi connectivity index (χ0v) is 13.0. The molecule has 0 aliphatic carbocycles. The fourth-order valence-electron chi connectivity index (χ4n) is 1.83. The van der Waals surface area contributed by atoms with Gasteiger partial charge in [-0.1, -0.05) is 6.07 Å². The van der Waals surface area contributed by atoms with Crippen LogP contribution in [0.2, 0.25) is 0 Å². The smallest absolute Gasteiger partial charge is 0.250 e. The monoisotopic (exact) mass is 310 g/mol. The van der Waals surface area contributed by atoms with Crippen molar-refractivity contribution in [3.8, 4) is 0 Å². The van der Waals surface area contributed by atoms with Gasteiger partial charge in [-0.05, 0) is 49.9 Å². The van der Waals surface area contributed by atoms with Crippen LogP contribution in [0.5, 0.6) is 0 Å². The van der Waals surface area contributed by atoms with E-state index in [1.54, 1.807) is 12.3 Å². The molecule has 0 radical (unpaired) electrons. The van der Waals surface area contributed by atoms with E-state index in [4.69, 9.17) is 0 Å². The summed E-state index contributed by atoms with van der Waals surface area (Å²) < 4.78 is 27.0. The lowest BCUT2D eigenvalue weighted by atomic mass is 10.1. The summed E-state index contributed by atoms with van der Waals surface area (Å²) in [7, 11) is -3.33. The predicted octanol–water partition coefficient (Wildman–Crippen LogP) is 2.75. The molecule has 4 nitrogen and oxygen atoms in total. The van der Waals surface area contributed by atoms with Gasteiger partial charge in [0.05, 0.1) is 0 Å². The molecule has 20 heavy (non-hydrogen) atoms. The molecule has 6 heteroatoms. The van der Waals surface area contributed by atoms with E-state index in [1.165, 1.54) is 16.9 Å². The Labute approximate surface area is 123 Å². The molecule has 0 saturated carbocycles. The molecule has 1 N–H and O–H groups in total. The van der Waals surface area contributed by atoms with Gasteiger partial charge in [0.25, 0.3) is 0 Å². The van der Waals surface area contributed by atoms with Gasteiger partial charge in [0, 0.05) is 23.8 Å². The number of aromatic nitrogens is 1. The Morgan fingerprint density at radius 2 is 2.10 bits per heavy atom. The number of hydrogen-bond donors (Lipinski definition) is 1. The highest BCUT2D eigenvalue weighted by molar-refractivity contribution is 7.91. The van der Waals surface area contributed by atoms with Crippen molar-refractivity contribution >= 4 is 21.4 Å². The van der Waals surface area contributed by atoms with Crippen LogP contribution >= 0.6 is 11.3 Å². The van der Waals surface area contributed by atoms with E-state index in [9.17, 15) is 8.42 Å². The van der Waals surface area contributed by atoms with Crippen molar-refractivity contribution < 1.29 is 8.42 Å². The molecule has 0 fully saturated rings. The summed E-state index contributed by atoms with van der Waals surface area (Å²) in [5, 5.41) is 0. The van der Waals surface area contributed by atoms with Crippen LogP contribution in [0.3, 0.4) is 0 Å². The Morgan fingerprint density at radius 3 is 2.75 bits per heavy atom. The lowest BCUT2D eigenvalue weighted by Gasteiger charge is -2.04. The van der Waals surface area contributed by atoms with E-state index in [0.29, 0.717) is 10.8 Å². The minimum absolute atomic E-state index is 0.391. The standard InChI is InChI=1S/C14H18N2O2S2/c1-12-7-8-14(19-12)20(17,18)16-10-3-2-5-13-6-4-9-15-11-13/h4,6-9,11,16H,2-3,5,10H2,1H3. The fraction of sp³-hybridized carbons (Fsp3) is 0.357. The van der Waals surface area contributed by atoms with Crippen molar-refractivity contribution in [2.75, 3.05) is 6.54 Å². The lowest BCUT2D eigenvalue weighted by molar-refractivity contribution is 0.578. The van der Waals surface area contributed by atoms with Gasteiger partial charge < -0.3 is 0 Å². The van der Waals surface area contributed by atoms with E-state index in [1.807, 2.05) is 31.3 Å². The van der Waals surface area contributed by atoms with Crippen LogP contribution in [0.15, 0.2) is 40.9 Å². The highest BCUT2D eigenvalue weighted by Gasteiger charge is 2.14. The number of nitrogens with zero attached hydrogens (tertiary/aromatic N) is 1. The number of sulfonamides is 1. The maximum atomic E-state index is 12.0. The SMILES string of the molecule is Cc1ccc(S(=O)(=O)NCCCCc2cccnc2)s1. The summed E-state index contributed by atoms with van der Waals surface area (Å²) in [4.78, 5) is 5.06. The van der Waals surface area contributed by atoms with Crippen molar-refractivity contribution in [1.82, 2.24) is 9.71 Å². The van der Waals surface area contributed by atoms with Crippen LogP contribution in [0.4, 0.5) is 0 Å².